The van der Waals surface area contributed by atoms with Crippen molar-refractivity contribution < 1.29 is 28.5 Å². The number of aromatic nitrogens is 1. The molecule has 1 aliphatic carbocycles. The Morgan fingerprint density at radius 3 is 2.67 bits per heavy atom. The molecule has 0 saturated heterocycles. The first-order valence-electron chi connectivity index (χ1n) is 12.5. The van der Waals surface area contributed by atoms with Crippen LogP contribution < -0.4 is 9.47 Å². The van der Waals surface area contributed by atoms with E-state index in [1.54, 1.807) is 14.2 Å². The molecule has 192 valence electrons. The molecule has 5 rings (SSSR count). The molecular weight excluding hydrogens is 458 g/mol. The topological polar surface area (TPSA) is 68.2 Å². The lowest BCUT2D eigenvalue weighted by Crippen LogP contribution is -2.48. The first-order chi connectivity index (χ1) is 17.3. The lowest BCUT2D eigenvalue weighted by atomic mass is 9.65. The van der Waals surface area contributed by atoms with Gasteiger partial charge in [0, 0.05) is 66.9 Å². The van der Waals surface area contributed by atoms with Crippen molar-refractivity contribution in [2.75, 3.05) is 27.8 Å². The third-order valence-corrected chi connectivity index (χ3v) is 7.70. The molecule has 3 atom stereocenters. The second kappa shape index (κ2) is 9.88. The molecule has 0 radical (unpaired) electrons. The number of ketones is 1. The van der Waals surface area contributed by atoms with E-state index < -0.39 is 0 Å². The minimum absolute atomic E-state index is 0.0645. The van der Waals surface area contributed by atoms with Crippen molar-refractivity contribution in [2.24, 2.45) is 13.0 Å². The van der Waals surface area contributed by atoms with E-state index >= 15 is 0 Å². The van der Waals surface area contributed by atoms with E-state index in [2.05, 4.69) is 13.8 Å². The Bertz CT molecular complexity index is 1260. The van der Waals surface area contributed by atoms with Gasteiger partial charge in [0.05, 0.1) is 6.10 Å². The second-order valence-electron chi connectivity index (χ2n) is 10.4. The number of rotatable bonds is 8. The monoisotopic (exact) mass is 493 g/mol. The maximum Gasteiger partial charge on any atom is 0.195 e. The highest BCUT2D eigenvalue weighted by Gasteiger charge is 2.48. The third-order valence-electron chi connectivity index (χ3n) is 7.70. The number of fused-ring (bicyclic) bond motifs is 4. The third kappa shape index (κ3) is 4.40. The Balaban J connectivity index is 1.59. The zero-order valence-corrected chi connectivity index (χ0v) is 21.7. The molecule has 0 amide bonds. The summed E-state index contributed by atoms with van der Waals surface area (Å²) in [6.07, 6.45) is 4.76. The van der Waals surface area contributed by atoms with E-state index in [4.69, 9.17) is 23.7 Å². The van der Waals surface area contributed by atoms with E-state index in [0.29, 0.717) is 28.5 Å². The van der Waals surface area contributed by atoms with Gasteiger partial charge in [-0.15, -0.1) is 0 Å². The normalized spacial score (nSPS) is 22.5. The van der Waals surface area contributed by atoms with Crippen LogP contribution in [-0.2, 0) is 21.3 Å². The van der Waals surface area contributed by atoms with Crippen LogP contribution in [0.25, 0.3) is 10.9 Å². The Morgan fingerprint density at radius 1 is 1.11 bits per heavy atom. The maximum atomic E-state index is 13.8. The molecule has 3 aromatic rings. The molecule has 36 heavy (non-hydrogen) atoms. The largest absolute Gasteiger partial charge is 0.487 e. The molecule has 2 aliphatic rings. The molecule has 1 fully saturated rings. The van der Waals surface area contributed by atoms with Crippen molar-refractivity contribution in [3.8, 4) is 11.5 Å². The van der Waals surface area contributed by atoms with Gasteiger partial charge in [-0.3, -0.25) is 4.79 Å². The molecule has 7 nitrogen and oxygen atoms in total. The predicted octanol–water partition coefficient (Wildman–Crippen LogP) is 5.44. The molecule has 1 saturated carbocycles. The summed E-state index contributed by atoms with van der Waals surface area (Å²) in [5, 5.41) is 0.925. The average molecular weight is 494 g/mol. The summed E-state index contributed by atoms with van der Waals surface area (Å²) in [6, 6.07) is 11.7. The van der Waals surface area contributed by atoms with Gasteiger partial charge in [-0.25, -0.2) is 0 Å². The van der Waals surface area contributed by atoms with Gasteiger partial charge < -0.3 is 28.3 Å². The quantitative estimate of drug-likeness (QED) is 0.308. The van der Waals surface area contributed by atoms with Gasteiger partial charge in [-0.1, -0.05) is 18.2 Å². The molecule has 1 aliphatic heterocycles. The number of benzene rings is 2. The van der Waals surface area contributed by atoms with Gasteiger partial charge in [0.25, 0.3) is 0 Å². The standard InChI is InChI=1S/C29H35NO6/c1-29(2)23-11-10-19(34-16-32-4)14-21(23)27-25(35-17-33-5)12-18(13-26(27)36-29)28(31)22-15-30(3)24-9-7-6-8-20(22)24/h6-9,12-13,15,19,21,23H,10-11,14,16-17H2,1-5H3/t19-,21-,23-/m1/s1. The lowest BCUT2D eigenvalue weighted by molar-refractivity contribution is -0.105. The number of carbonyl (C=O) groups is 1. The number of hydrogen-bond acceptors (Lipinski definition) is 6. The average Bonchev–Trinajstić information content (AvgIpc) is 3.21. The fraction of sp³-hybridized carbons (Fsp3) is 0.483. The number of hydrogen-bond donors (Lipinski definition) is 0. The minimum atomic E-state index is -0.385. The summed E-state index contributed by atoms with van der Waals surface area (Å²) in [6.45, 7) is 4.64. The van der Waals surface area contributed by atoms with E-state index in [0.717, 1.165) is 35.7 Å². The molecule has 0 spiro atoms. The molecule has 2 aromatic carbocycles. The van der Waals surface area contributed by atoms with Crippen molar-refractivity contribution in [1.29, 1.82) is 0 Å². The summed E-state index contributed by atoms with van der Waals surface area (Å²) in [7, 11) is 5.19. The van der Waals surface area contributed by atoms with Gasteiger partial charge in [0.15, 0.2) is 12.6 Å². The maximum absolute atomic E-state index is 13.8. The van der Waals surface area contributed by atoms with Crippen LogP contribution in [0.4, 0.5) is 0 Å². The molecule has 7 heteroatoms. The molecule has 1 aromatic heterocycles. The van der Waals surface area contributed by atoms with Crippen molar-refractivity contribution in [3.05, 3.63) is 59.3 Å². The van der Waals surface area contributed by atoms with E-state index in [-0.39, 0.29) is 37.0 Å². The zero-order valence-electron chi connectivity index (χ0n) is 21.7. The highest BCUT2D eigenvalue weighted by atomic mass is 16.7. The number of methoxy groups -OCH3 is 2. The van der Waals surface area contributed by atoms with Crippen LogP contribution in [0.1, 0.15) is 60.5 Å². The van der Waals surface area contributed by atoms with Crippen LogP contribution >= 0.6 is 0 Å². The van der Waals surface area contributed by atoms with Crippen LogP contribution in [0.3, 0.4) is 0 Å². The molecule has 0 unspecified atom stereocenters. The van der Waals surface area contributed by atoms with Crippen LogP contribution in [0.5, 0.6) is 11.5 Å². The summed E-state index contributed by atoms with van der Waals surface area (Å²) in [5.41, 5.74) is 2.82. The first-order valence-corrected chi connectivity index (χ1v) is 12.5. The van der Waals surface area contributed by atoms with Gasteiger partial charge >= 0.3 is 0 Å². The summed E-state index contributed by atoms with van der Waals surface area (Å²) >= 11 is 0. The SMILES string of the molecule is COCOc1cc(C(=O)c2cn(C)c3ccccc23)cc2c1[C@@H]1C[C@H](OCOC)CC[C@H]1C(C)(C)O2. The molecule has 0 bridgehead atoms. The van der Waals surface area contributed by atoms with Crippen LogP contribution in [0.15, 0.2) is 42.6 Å². The summed E-state index contributed by atoms with van der Waals surface area (Å²) < 4.78 is 31.0. The zero-order chi connectivity index (χ0) is 25.4. The van der Waals surface area contributed by atoms with E-state index in [9.17, 15) is 4.79 Å². The summed E-state index contributed by atoms with van der Waals surface area (Å²) in [5.74, 6) is 1.75. The number of ether oxygens (including phenoxy) is 5. The molecule has 0 N–H and O–H groups in total. The van der Waals surface area contributed by atoms with Crippen molar-refractivity contribution in [3.63, 3.8) is 0 Å². The predicted molar refractivity (Wildman–Crippen MR) is 137 cm³/mol. The fourth-order valence-corrected chi connectivity index (χ4v) is 6.06. The number of carbonyl (C=O) groups excluding carboxylic acids is 1. The first kappa shape index (κ1) is 24.8. The fourth-order valence-electron chi connectivity index (χ4n) is 6.06. The molecular formula is C29H35NO6. The van der Waals surface area contributed by atoms with Crippen molar-refractivity contribution in [2.45, 2.75) is 50.7 Å². The van der Waals surface area contributed by atoms with Crippen LogP contribution in [0, 0.1) is 5.92 Å². The van der Waals surface area contributed by atoms with Crippen LogP contribution in [0.2, 0.25) is 0 Å². The van der Waals surface area contributed by atoms with E-state index in [1.165, 1.54) is 0 Å². The Labute approximate surface area is 212 Å². The second-order valence-corrected chi connectivity index (χ2v) is 10.4. The Morgan fingerprint density at radius 2 is 1.89 bits per heavy atom. The minimum Gasteiger partial charge on any atom is -0.487 e. The van der Waals surface area contributed by atoms with Gasteiger partial charge in [-0.05, 0) is 51.3 Å². The molecule has 2 heterocycles. The summed E-state index contributed by atoms with van der Waals surface area (Å²) in [4.78, 5) is 13.8. The highest BCUT2D eigenvalue weighted by molar-refractivity contribution is 6.16. The van der Waals surface area contributed by atoms with E-state index in [1.807, 2.05) is 54.2 Å². The van der Waals surface area contributed by atoms with Gasteiger partial charge in [0.2, 0.25) is 0 Å². The van der Waals surface area contributed by atoms with Crippen LogP contribution in [-0.4, -0.2) is 49.9 Å². The van der Waals surface area contributed by atoms with Crippen molar-refractivity contribution in [1.82, 2.24) is 4.57 Å². The smallest absolute Gasteiger partial charge is 0.195 e. The van der Waals surface area contributed by atoms with Gasteiger partial charge in [-0.2, -0.15) is 0 Å². The Kier molecular flexibility index (Phi) is 6.81. The number of para-hydroxylation sites is 1. The van der Waals surface area contributed by atoms with Gasteiger partial charge in [0.1, 0.15) is 23.9 Å². The van der Waals surface area contributed by atoms with Crippen molar-refractivity contribution >= 4 is 16.7 Å². The number of aryl methyl sites for hydroxylation is 1. The highest BCUT2D eigenvalue weighted by Crippen LogP contribution is 2.55. The Hall–Kier alpha value is -2.87. The lowest BCUT2D eigenvalue weighted by Gasteiger charge is -2.49. The number of nitrogens with zero attached hydrogens (tertiary/aromatic N) is 1.